The molecule has 1 aliphatic rings. The summed E-state index contributed by atoms with van der Waals surface area (Å²) in [5.74, 6) is 1.40. The zero-order chi connectivity index (χ0) is 18.8. The van der Waals surface area contributed by atoms with Crippen LogP contribution in [0.4, 0.5) is 4.79 Å². The predicted octanol–water partition coefficient (Wildman–Crippen LogP) is 3.22. The zero-order valence-electron chi connectivity index (χ0n) is 16.1. The monoisotopic (exact) mass is 380 g/mol. The average molecular weight is 381 g/mol. The molecule has 0 spiro atoms. The Morgan fingerprint density at radius 3 is 2.73 bits per heavy atom. The highest BCUT2D eigenvalue weighted by atomic mass is 32.2. The largest absolute Gasteiger partial charge is 0.340 e. The number of thioether (sulfide) groups is 1. The van der Waals surface area contributed by atoms with Gasteiger partial charge in [-0.25, -0.2) is 9.78 Å². The summed E-state index contributed by atoms with van der Waals surface area (Å²) in [6.45, 7) is 3.55. The van der Waals surface area contributed by atoms with Crippen molar-refractivity contribution in [1.82, 2.24) is 19.8 Å². The standard InChI is InChI=1S/C19H32N4O2S/c1-16(24)26-13-12-23(11-9-17-6-4-3-5-7-17)19(25)20-10-8-18-14-22(2)15-21-18/h14-15,17H,3-13H2,1-2H3,(H,20,25). The van der Waals surface area contributed by atoms with Crippen LogP contribution in [-0.4, -0.2) is 51.0 Å². The molecular formula is C19H32N4O2S. The summed E-state index contributed by atoms with van der Waals surface area (Å²) < 4.78 is 1.91. The van der Waals surface area contributed by atoms with Crippen LogP contribution in [0, 0.1) is 5.92 Å². The Morgan fingerprint density at radius 1 is 1.31 bits per heavy atom. The zero-order valence-corrected chi connectivity index (χ0v) is 16.9. The topological polar surface area (TPSA) is 67.2 Å². The fourth-order valence-corrected chi connectivity index (χ4v) is 4.03. The molecule has 0 saturated heterocycles. The first kappa shape index (κ1) is 20.8. The maximum atomic E-state index is 12.6. The van der Waals surface area contributed by atoms with Crippen LogP contribution in [0.15, 0.2) is 12.5 Å². The second kappa shape index (κ2) is 11.3. The number of nitrogens with one attached hydrogen (secondary N) is 1. The summed E-state index contributed by atoms with van der Waals surface area (Å²) in [6.07, 6.45) is 12.1. The van der Waals surface area contributed by atoms with Crippen LogP contribution >= 0.6 is 11.8 Å². The third-order valence-corrected chi connectivity index (χ3v) is 5.69. The summed E-state index contributed by atoms with van der Waals surface area (Å²) in [6, 6.07) is -0.0270. The minimum atomic E-state index is -0.0270. The van der Waals surface area contributed by atoms with E-state index in [-0.39, 0.29) is 11.1 Å². The molecule has 6 nitrogen and oxygen atoms in total. The number of nitrogens with zero attached hydrogens (tertiary/aromatic N) is 3. The number of carbonyl (C=O) groups excluding carboxylic acids is 2. The number of amides is 2. The molecule has 0 aliphatic heterocycles. The van der Waals surface area contributed by atoms with Gasteiger partial charge in [0.1, 0.15) is 0 Å². The second-order valence-corrected chi connectivity index (χ2v) is 8.40. The summed E-state index contributed by atoms with van der Waals surface area (Å²) in [7, 11) is 1.94. The Hall–Kier alpha value is -1.50. The highest BCUT2D eigenvalue weighted by Crippen LogP contribution is 2.26. The Labute approximate surface area is 161 Å². The van der Waals surface area contributed by atoms with Crippen molar-refractivity contribution in [1.29, 1.82) is 0 Å². The number of aryl methyl sites for hydroxylation is 1. The first-order chi connectivity index (χ1) is 12.5. The van der Waals surface area contributed by atoms with Gasteiger partial charge in [0.15, 0.2) is 5.12 Å². The van der Waals surface area contributed by atoms with Gasteiger partial charge in [-0.3, -0.25) is 4.79 Å². The molecule has 0 radical (unpaired) electrons. The Balaban J connectivity index is 1.77. The third kappa shape index (κ3) is 7.81. The van der Waals surface area contributed by atoms with Crippen molar-refractivity contribution in [3.05, 3.63) is 18.2 Å². The highest BCUT2D eigenvalue weighted by Gasteiger charge is 2.18. The van der Waals surface area contributed by atoms with Crippen molar-refractivity contribution in [2.45, 2.75) is 51.9 Å². The van der Waals surface area contributed by atoms with Crippen LogP contribution in [0.2, 0.25) is 0 Å². The second-order valence-electron chi connectivity index (χ2n) is 7.13. The van der Waals surface area contributed by atoms with Gasteiger partial charge in [-0.05, 0) is 12.3 Å². The van der Waals surface area contributed by atoms with E-state index in [1.807, 2.05) is 22.7 Å². The first-order valence-corrected chi connectivity index (χ1v) is 10.7. The quantitative estimate of drug-likeness (QED) is 0.714. The minimum absolute atomic E-state index is 0.0270. The lowest BCUT2D eigenvalue weighted by Crippen LogP contribution is -2.43. The van der Waals surface area contributed by atoms with Gasteiger partial charge in [0.25, 0.3) is 0 Å². The fourth-order valence-electron chi connectivity index (χ4n) is 3.43. The van der Waals surface area contributed by atoms with E-state index in [9.17, 15) is 9.59 Å². The molecule has 1 heterocycles. The Bertz CT molecular complexity index is 570. The maximum absolute atomic E-state index is 12.6. The fraction of sp³-hybridized carbons (Fsp3) is 0.737. The van der Waals surface area contributed by atoms with Gasteiger partial charge < -0.3 is 14.8 Å². The van der Waals surface area contributed by atoms with Crippen molar-refractivity contribution in [3.63, 3.8) is 0 Å². The van der Waals surface area contributed by atoms with Crippen molar-refractivity contribution >= 4 is 22.9 Å². The van der Waals surface area contributed by atoms with E-state index in [1.165, 1.54) is 43.9 Å². The molecule has 1 N–H and O–H groups in total. The van der Waals surface area contributed by atoms with Crippen LogP contribution in [0.25, 0.3) is 0 Å². The molecule has 1 saturated carbocycles. The van der Waals surface area contributed by atoms with Crippen molar-refractivity contribution in [3.8, 4) is 0 Å². The molecule has 146 valence electrons. The van der Waals surface area contributed by atoms with Crippen molar-refractivity contribution < 1.29 is 9.59 Å². The average Bonchev–Trinajstić information content (AvgIpc) is 3.03. The molecule has 26 heavy (non-hydrogen) atoms. The van der Waals surface area contributed by atoms with E-state index < -0.39 is 0 Å². The number of hydrogen-bond donors (Lipinski definition) is 1. The van der Waals surface area contributed by atoms with E-state index in [1.54, 1.807) is 13.3 Å². The van der Waals surface area contributed by atoms with Crippen molar-refractivity contribution in [2.24, 2.45) is 13.0 Å². The molecule has 1 fully saturated rings. The highest BCUT2D eigenvalue weighted by molar-refractivity contribution is 8.13. The molecule has 2 rings (SSSR count). The van der Waals surface area contributed by atoms with Gasteiger partial charge in [0.2, 0.25) is 0 Å². The summed E-state index contributed by atoms with van der Waals surface area (Å²) >= 11 is 1.29. The van der Waals surface area contributed by atoms with Crippen LogP contribution in [0.3, 0.4) is 0 Å². The van der Waals surface area contributed by atoms with E-state index >= 15 is 0 Å². The minimum Gasteiger partial charge on any atom is -0.340 e. The number of imidazole rings is 1. The Kier molecular flexibility index (Phi) is 9.01. The van der Waals surface area contributed by atoms with E-state index in [2.05, 4.69) is 10.3 Å². The number of rotatable bonds is 9. The molecule has 7 heteroatoms. The van der Waals surface area contributed by atoms with E-state index in [4.69, 9.17) is 0 Å². The van der Waals surface area contributed by atoms with Crippen LogP contribution < -0.4 is 5.32 Å². The predicted molar refractivity (Wildman–Crippen MR) is 106 cm³/mol. The maximum Gasteiger partial charge on any atom is 0.317 e. The number of carbonyl (C=O) groups is 2. The van der Waals surface area contributed by atoms with E-state index in [0.717, 1.165) is 31.0 Å². The normalized spacial score (nSPS) is 15.0. The molecular weight excluding hydrogens is 348 g/mol. The molecule has 0 bridgehead atoms. The molecule has 0 unspecified atom stereocenters. The molecule has 2 amide bonds. The van der Waals surface area contributed by atoms with Gasteiger partial charge in [-0.15, -0.1) is 0 Å². The summed E-state index contributed by atoms with van der Waals surface area (Å²) in [4.78, 5) is 29.9. The lowest BCUT2D eigenvalue weighted by atomic mass is 9.87. The van der Waals surface area contributed by atoms with Crippen molar-refractivity contribution in [2.75, 3.05) is 25.4 Å². The first-order valence-electron chi connectivity index (χ1n) is 9.67. The third-order valence-electron chi connectivity index (χ3n) is 4.90. The smallest absolute Gasteiger partial charge is 0.317 e. The van der Waals surface area contributed by atoms with E-state index in [0.29, 0.717) is 18.8 Å². The molecule has 0 aromatic carbocycles. The lowest BCUT2D eigenvalue weighted by Gasteiger charge is -2.27. The summed E-state index contributed by atoms with van der Waals surface area (Å²) in [5.41, 5.74) is 0.980. The van der Waals surface area contributed by atoms with Gasteiger partial charge in [0.05, 0.1) is 12.0 Å². The lowest BCUT2D eigenvalue weighted by molar-refractivity contribution is -0.109. The molecule has 1 aliphatic carbocycles. The molecule has 1 aromatic heterocycles. The van der Waals surface area contributed by atoms with Gasteiger partial charge in [-0.1, -0.05) is 43.9 Å². The van der Waals surface area contributed by atoms with Crippen LogP contribution in [0.1, 0.15) is 51.1 Å². The number of aromatic nitrogens is 2. The number of hydrogen-bond acceptors (Lipinski definition) is 4. The molecule has 0 atom stereocenters. The Morgan fingerprint density at radius 2 is 2.08 bits per heavy atom. The summed E-state index contributed by atoms with van der Waals surface area (Å²) in [5, 5.41) is 3.11. The SMILES string of the molecule is CC(=O)SCCN(CCC1CCCCC1)C(=O)NCCc1cn(C)cn1. The van der Waals surface area contributed by atoms with Crippen LogP contribution in [0.5, 0.6) is 0 Å². The molecule has 1 aromatic rings. The van der Waals surface area contributed by atoms with Gasteiger partial charge in [0, 0.05) is 52.0 Å². The van der Waals surface area contributed by atoms with Crippen LogP contribution in [-0.2, 0) is 18.3 Å². The number of urea groups is 1. The van der Waals surface area contributed by atoms with Gasteiger partial charge in [-0.2, -0.15) is 0 Å². The van der Waals surface area contributed by atoms with Gasteiger partial charge >= 0.3 is 6.03 Å².